The maximum Gasteiger partial charge on any atom is 0.264 e. The van der Waals surface area contributed by atoms with Crippen LogP contribution in [0.5, 0.6) is 0 Å². The lowest BCUT2D eigenvalue weighted by molar-refractivity contribution is -0.132. The predicted molar refractivity (Wildman–Crippen MR) is 128 cm³/mol. The predicted octanol–water partition coefficient (Wildman–Crippen LogP) is 2.78. The molecule has 10 heteroatoms. The summed E-state index contributed by atoms with van der Waals surface area (Å²) in [6, 6.07) is 13.5. The molecule has 1 aliphatic heterocycles. The molecule has 0 bridgehead atoms. The maximum absolute atomic E-state index is 13.1. The second-order valence-electron chi connectivity index (χ2n) is 7.85. The van der Waals surface area contributed by atoms with Crippen molar-refractivity contribution in [3.8, 4) is 11.3 Å². The lowest BCUT2D eigenvalue weighted by Gasteiger charge is -2.36. The molecular formula is C24H26FN5O3S. The minimum absolute atomic E-state index is 0.0201. The van der Waals surface area contributed by atoms with Crippen LogP contribution in [0.25, 0.3) is 11.3 Å². The molecule has 8 nitrogen and oxygen atoms in total. The van der Waals surface area contributed by atoms with Crippen LogP contribution >= 0.6 is 11.3 Å². The summed E-state index contributed by atoms with van der Waals surface area (Å²) in [4.78, 5) is 31.7. The number of thiophene rings is 1. The number of methoxy groups -OCH3 is 1. The molecule has 2 aromatic heterocycles. The molecule has 4 rings (SSSR count). The van der Waals surface area contributed by atoms with E-state index in [1.807, 2.05) is 23.6 Å². The number of ether oxygens (including phenoxy) is 1. The van der Waals surface area contributed by atoms with E-state index in [0.717, 1.165) is 11.4 Å². The molecule has 0 N–H and O–H groups in total. The van der Waals surface area contributed by atoms with Gasteiger partial charge < -0.3 is 19.4 Å². The Labute approximate surface area is 201 Å². The van der Waals surface area contributed by atoms with Gasteiger partial charge in [-0.25, -0.2) is 4.39 Å². The highest BCUT2D eigenvalue weighted by atomic mass is 32.1. The van der Waals surface area contributed by atoms with E-state index in [4.69, 9.17) is 4.74 Å². The van der Waals surface area contributed by atoms with Gasteiger partial charge in [-0.1, -0.05) is 6.07 Å². The molecule has 0 saturated carbocycles. The van der Waals surface area contributed by atoms with Gasteiger partial charge >= 0.3 is 0 Å². The summed E-state index contributed by atoms with van der Waals surface area (Å²) < 4.78 is 18.3. The Kier molecular flexibility index (Phi) is 7.81. The van der Waals surface area contributed by atoms with E-state index in [0.29, 0.717) is 49.9 Å². The number of piperazine rings is 1. The Morgan fingerprint density at radius 3 is 2.44 bits per heavy atom. The lowest BCUT2D eigenvalue weighted by Crippen LogP contribution is -2.52. The molecule has 34 heavy (non-hydrogen) atoms. The van der Waals surface area contributed by atoms with Crippen molar-refractivity contribution in [3.63, 3.8) is 0 Å². The van der Waals surface area contributed by atoms with E-state index in [1.165, 1.54) is 23.5 Å². The third-order valence-electron chi connectivity index (χ3n) is 5.66. The molecule has 178 valence electrons. The molecule has 0 unspecified atom stereocenters. The van der Waals surface area contributed by atoms with E-state index in [-0.39, 0.29) is 24.2 Å². The summed E-state index contributed by atoms with van der Waals surface area (Å²) in [5.74, 6) is 0.194. The largest absolute Gasteiger partial charge is 0.383 e. The van der Waals surface area contributed by atoms with Crippen molar-refractivity contribution >= 4 is 29.0 Å². The smallest absolute Gasteiger partial charge is 0.264 e. The summed E-state index contributed by atoms with van der Waals surface area (Å²) in [5, 5.41) is 10.4. The summed E-state index contributed by atoms with van der Waals surface area (Å²) in [6.07, 6.45) is 0. The van der Waals surface area contributed by atoms with Crippen LogP contribution < -0.4 is 4.90 Å². The highest BCUT2D eigenvalue weighted by Crippen LogP contribution is 2.20. The number of carbonyl (C=O) groups excluding carboxylic acids is 2. The van der Waals surface area contributed by atoms with Crippen LogP contribution in [0, 0.1) is 5.82 Å². The lowest BCUT2D eigenvalue weighted by atomic mass is 10.1. The van der Waals surface area contributed by atoms with Crippen molar-refractivity contribution in [1.29, 1.82) is 0 Å². The average molecular weight is 484 g/mol. The van der Waals surface area contributed by atoms with E-state index < -0.39 is 0 Å². The quantitative estimate of drug-likeness (QED) is 0.490. The zero-order chi connectivity index (χ0) is 23.9. The summed E-state index contributed by atoms with van der Waals surface area (Å²) >= 11 is 1.36. The van der Waals surface area contributed by atoms with Gasteiger partial charge in [0, 0.05) is 45.4 Å². The third-order valence-corrected chi connectivity index (χ3v) is 6.52. The molecule has 3 aromatic rings. The number of rotatable bonds is 8. The highest BCUT2D eigenvalue weighted by molar-refractivity contribution is 7.12. The Hall–Kier alpha value is -3.37. The molecule has 1 aromatic carbocycles. The maximum atomic E-state index is 13.1. The Balaban J connectivity index is 1.33. The SMILES string of the molecule is COCCN(CC(=O)N1CCN(c2ccc(-c3ccc(F)cc3)nn2)CC1)C(=O)c1cccs1. The number of hydrogen-bond donors (Lipinski definition) is 0. The zero-order valence-electron chi connectivity index (χ0n) is 18.9. The van der Waals surface area contributed by atoms with Gasteiger partial charge in [0.2, 0.25) is 5.91 Å². The van der Waals surface area contributed by atoms with E-state index in [9.17, 15) is 14.0 Å². The topological polar surface area (TPSA) is 78.9 Å². The van der Waals surface area contributed by atoms with Gasteiger partial charge in [0.05, 0.1) is 17.2 Å². The second kappa shape index (κ2) is 11.2. The summed E-state index contributed by atoms with van der Waals surface area (Å²) in [7, 11) is 1.57. The van der Waals surface area contributed by atoms with Crippen LogP contribution in [0.3, 0.4) is 0 Å². The van der Waals surface area contributed by atoms with Crippen molar-refractivity contribution in [3.05, 3.63) is 64.6 Å². The van der Waals surface area contributed by atoms with Crippen LogP contribution in [0.4, 0.5) is 10.2 Å². The number of carbonyl (C=O) groups is 2. The number of nitrogens with zero attached hydrogens (tertiary/aromatic N) is 5. The Morgan fingerprint density at radius 1 is 1.06 bits per heavy atom. The molecule has 1 fully saturated rings. The van der Waals surface area contributed by atoms with E-state index in [1.54, 1.807) is 35.1 Å². The first-order valence-corrected chi connectivity index (χ1v) is 11.9. The zero-order valence-corrected chi connectivity index (χ0v) is 19.7. The van der Waals surface area contributed by atoms with Gasteiger partial charge in [-0.2, -0.15) is 0 Å². The fourth-order valence-corrected chi connectivity index (χ4v) is 4.42. The molecule has 0 atom stereocenters. The third kappa shape index (κ3) is 5.75. The molecule has 0 aliphatic carbocycles. The molecular weight excluding hydrogens is 457 g/mol. The minimum Gasteiger partial charge on any atom is -0.383 e. The monoisotopic (exact) mass is 483 g/mol. The van der Waals surface area contributed by atoms with Crippen LogP contribution in [0.2, 0.25) is 0 Å². The average Bonchev–Trinajstić information content (AvgIpc) is 3.42. The van der Waals surface area contributed by atoms with Gasteiger partial charge in [0.25, 0.3) is 5.91 Å². The second-order valence-corrected chi connectivity index (χ2v) is 8.80. The number of benzene rings is 1. The van der Waals surface area contributed by atoms with Crippen LogP contribution in [-0.2, 0) is 9.53 Å². The van der Waals surface area contributed by atoms with Gasteiger partial charge in [-0.3, -0.25) is 9.59 Å². The standard InChI is InChI=1S/C24H26FN5O3S/c1-33-15-14-30(24(32)21-3-2-16-34-21)17-23(31)29-12-10-28(11-13-29)22-9-8-20(26-27-22)18-4-6-19(25)7-5-18/h2-9,16H,10-15,17H2,1H3. The van der Waals surface area contributed by atoms with Crippen molar-refractivity contribution in [2.45, 2.75) is 0 Å². The van der Waals surface area contributed by atoms with Crippen molar-refractivity contribution in [2.24, 2.45) is 0 Å². The van der Waals surface area contributed by atoms with Gasteiger partial charge in [0.15, 0.2) is 5.82 Å². The number of anilines is 1. The molecule has 1 saturated heterocycles. The molecule has 0 radical (unpaired) electrons. The van der Waals surface area contributed by atoms with Gasteiger partial charge in [0.1, 0.15) is 12.4 Å². The number of hydrogen-bond acceptors (Lipinski definition) is 7. The van der Waals surface area contributed by atoms with Crippen LogP contribution in [-0.4, -0.2) is 84.8 Å². The van der Waals surface area contributed by atoms with Crippen LogP contribution in [0.1, 0.15) is 9.67 Å². The number of aromatic nitrogens is 2. The van der Waals surface area contributed by atoms with Gasteiger partial charge in [-0.05, 0) is 47.8 Å². The van der Waals surface area contributed by atoms with E-state index in [2.05, 4.69) is 15.1 Å². The molecule has 0 spiro atoms. The first kappa shape index (κ1) is 23.8. The molecule has 1 aliphatic rings. The fourth-order valence-electron chi connectivity index (χ4n) is 3.73. The van der Waals surface area contributed by atoms with E-state index >= 15 is 0 Å². The molecule has 2 amide bonds. The first-order chi connectivity index (χ1) is 16.5. The minimum atomic E-state index is -0.293. The van der Waals surface area contributed by atoms with Crippen molar-refractivity contribution < 1.29 is 18.7 Å². The van der Waals surface area contributed by atoms with Crippen molar-refractivity contribution in [2.75, 3.05) is 57.9 Å². The van der Waals surface area contributed by atoms with Gasteiger partial charge in [-0.15, -0.1) is 21.5 Å². The van der Waals surface area contributed by atoms with Crippen molar-refractivity contribution in [1.82, 2.24) is 20.0 Å². The summed E-state index contributed by atoms with van der Waals surface area (Å²) in [6.45, 7) is 3.05. The molecule has 3 heterocycles. The number of amides is 2. The Morgan fingerprint density at radius 2 is 1.82 bits per heavy atom. The fraction of sp³-hybridized carbons (Fsp3) is 0.333. The highest BCUT2D eigenvalue weighted by Gasteiger charge is 2.26. The summed E-state index contributed by atoms with van der Waals surface area (Å²) in [5.41, 5.74) is 1.47. The normalized spacial score (nSPS) is 13.7. The first-order valence-electron chi connectivity index (χ1n) is 11.0. The number of halogens is 1. The van der Waals surface area contributed by atoms with Crippen LogP contribution in [0.15, 0.2) is 53.9 Å². The Bertz CT molecular complexity index is 1080.